The van der Waals surface area contributed by atoms with Gasteiger partial charge in [-0.15, -0.1) is 0 Å². The van der Waals surface area contributed by atoms with E-state index in [4.69, 9.17) is 0 Å². The summed E-state index contributed by atoms with van der Waals surface area (Å²) in [5, 5.41) is 0. The molecule has 0 amide bonds. The van der Waals surface area contributed by atoms with Gasteiger partial charge < -0.3 is 0 Å². The van der Waals surface area contributed by atoms with E-state index in [1.54, 1.807) is 5.57 Å². The molecule has 0 nitrogen and oxygen atoms in total. The van der Waals surface area contributed by atoms with Crippen LogP contribution in [0, 0.1) is 5.92 Å². The van der Waals surface area contributed by atoms with Gasteiger partial charge in [-0.1, -0.05) is 31.6 Å². The van der Waals surface area contributed by atoms with Crippen molar-refractivity contribution in [1.29, 1.82) is 0 Å². The molecule has 0 heterocycles. The second-order valence-electron chi connectivity index (χ2n) is 3.55. The highest BCUT2D eigenvalue weighted by Crippen LogP contribution is 2.23. The van der Waals surface area contributed by atoms with Crippen molar-refractivity contribution in [2.45, 2.75) is 40.0 Å². The fourth-order valence-electron chi connectivity index (χ4n) is 1.53. The topological polar surface area (TPSA) is 0 Å². The molecule has 1 rings (SSSR count). The van der Waals surface area contributed by atoms with Crippen LogP contribution in [0.3, 0.4) is 0 Å². The second kappa shape index (κ2) is 3.75. The summed E-state index contributed by atoms with van der Waals surface area (Å²) in [6, 6.07) is 0. The van der Waals surface area contributed by atoms with E-state index in [9.17, 15) is 0 Å². The highest BCUT2D eigenvalue weighted by atomic mass is 14.1. The third kappa shape index (κ3) is 2.21. The SMILES string of the molecule is CCC1=CCC(C)CC=C1C. The molecule has 0 radical (unpaired) electrons. The van der Waals surface area contributed by atoms with Crippen molar-refractivity contribution in [3.8, 4) is 0 Å². The van der Waals surface area contributed by atoms with E-state index in [2.05, 4.69) is 32.9 Å². The molecule has 0 aromatic carbocycles. The lowest BCUT2D eigenvalue weighted by Crippen LogP contribution is -1.87. The van der Waals surface area contributed by atoms with Gasteiger partial charge in [0.2, 0.25) is 0 Å². The molecule has 0 saturated heterocycles. The fourth-order valence-corrected chi connectivity index (χ4v) is 1.53. The molecule has 1 atom stereocenters. The zero-order valence-corrected chi connectivity index (χ0v) is 7.85. The van der Waals surface area contributed by atoms with Crippen molar-refractivity contribution in [2.24, 2.45) is 5.92 Å². The Morgan fingerprint density at radius 2 is 2.00 bits per heavy atom. The lowest BCUT2D eigenvalue weighted by Gasteiger charge is -2.01. The Hall–Kier alpha value is -0.520. The van der Waals surface area contributed by atoms with Crippen LogP contribution in [0.4, 0.5) is 0 Å². The first-order valence-corrected chi connectivity index (χ1v) is 4.60. The van der Waals surface area contributed by atoms with Crippen molar-refractivity contribution < 1.29 is 0 Å². The van der Waals surface area contributed by atoms with Crippen molar-refractivity contribution in [3.05, 3.63) is 23.3 Å². The Bertz CT molecular complexity index is 184. The summed E-state index contributed by atoms with van der Waals surface area (Å²) in [6.07, 6.45) is 8.49. The van der Waals surface area contributed by atoms with Gasteiger partial charge in [0.25, 0.3) is 0 Å². The fraction of sp³-hybridized carbons (Fsp3) is 0.636. The number of hydrogen-bond donors (Lipinski definition) is 0. The summed E-state index contributed by atoms with van der Waals surface area (Å²) in [4.78, 5) is 0. The molecule has 0 fully saturated rings. The standard InChI is InChI=1S/C11H18/c1-4-11-8-6-9(2)5-7-10(11)3/h7-9H,4-6H2,1-3H3. The van der Waals surface area contributed by atoms with E-state index in [-0.39, 0.29) is 0 Å². The van der Waals surface area contributed by atoms with E-state index in [0.717, 1.165) is 5.92 Å². The maximum atomic E-state index is 2.41. The van der Waals surface area contributed by atoms with Gasteiger partial charge in [0.1, 0.15) is 0 Å². The summed E-state index contributed by atoms with van der Waals surface area (Å²) in [6.45, 7) is 6.78. The molecule has 1 aliphatic rings. The molecule has 1 aliphatic carbocycles. The summed E-state index contributed by atoms with van der Waals surface area (Å²) < 4.78 is 0. The highest BCUT2D eigenvalue weighted by molar-refractivity contribution is 5.30. The monoisotopic (exact) mass is 150 g/mol. The maximum absolute atomic E-state index is 2.41. The quantitative estimate of drug-likeness (QED) is 0.534. The Kier molecular flexibility index (Phi) is 2.92. The lowest BCUT2D eigenvalue weighted by molar-refractivity contribution is 0.605. The minimum absolute atomic E-state index is 0.842. The van der Waals surface area contributed by atoms with Gasteiger partial charge >= 0.3 is 0 Å². The van der Waals surface area contributed by atoms with Gasteiger partial charge in [-0.05, 0) is 37.7 Å². The molecule has 0 heteroatoms. The Labute approximate surface area is 70.0 Å². The molecule has 0 N–H and O–H groups in total. The predicted molar refractivity (Wildman–Crippen MR) is 50.5 cm³/mol. The van der Waals surface area contributed by atoms with Crippen LogP contribution < -0.4 is 0 Å². The minimum Gasteiger partial charge on any atom is -0.0811 e. The van der Waals surface area contributed by atoms with Crippen LogP contribution in [0.15, 0.2) is 23.3 Å². The Morgan fingerprint density at radius 1 is 1.36 bits per heavy atom. The summed E-state index contributed by atoms with van der Waals surface area (Å²) >= 11 is 0. The zero-order chi connectivity index (χ0) is 8.27. The van der Waals surface area contributed by atoms with Crippen LogP contribution in [0.25, 0.3) is 0 Å². The first-order chi connectivity index (χ1) is 5.24. The molecule has 11 heavy (non-hydrogen) atoms. The van der Waals surface area contributed by atoms with Crippen LogP contribution >= 0.6 is 0 Å². The van der Waals surface area contributed by atoms with Crippen LogP contribution in [0.5, 0.6) is 0 Å². The molecule has 1 unspecified atom stereocenters. The predicted octanol–water partition coefficient (Wildman–Crippen LogP) is 3.70. The van der Waals surface area contributed by atoms with E-state index < -0.39 is 0 Å². The highest BCUT2D eigenvalue weighted by Gasteiger charge is 2.05. The minimum atomic E-state index is 0.842. The first-order valence-electron chi connectivity index (χ1n) is 4.60. The molecular weight excluding hydrogens is 132 g/mol. The van der Waals surface area contributed by atoms with E-state index in [1.807, 2.05) is 0 Å². The molecule has 0 spiro atoms. The van der Waals surface area contributed by atoms with Crippen LogP contribution in [-0.2, 0) is 0 Å². The largest absolute Gasteiger partial charge is 0.0811 e. The average Bonchev–Trinajstić information content (AvgIpc) is 2.15. The third-order valence-electron chi connectivity index (χ3n) is 2.48. The van der Waals surface area contributed by atoms with Crippen molar-refractivity contribution in [1.82, 2.24) is 0 Å². The first kappa shape index (κ1) is 8.58. The lowest BCUT2D eigenvalue weighted by atomic mass is 10.0. The van der Waals surface area contributed by atoms with Crippen molar-refractivity contribution in [2.75, 3.05) is 0 Å². The van der Waals surface area contributed by atoms with E-state index in [0.29, 0.717) is 0 Å². The molecular formula is C11H18. The van der Waals surface area contributed by atoms with Crippen molar-refractivity contribution >= 4 is 0 Å². The van der Waals surface area contributed by atoms with Crippen LogP contribution in [-0.4, -0.2) is 0 Å². The molecule has 0 aliphatic heterocycles. The smallest absolute Gasteiger partial charge is 0.0308 e. The second-order valence-corrected chi connectivity index (χ2v) is 3.55. The van der Waals surface area contributed by atoms with Crippen LogP contribution in [0.1, 0.15) is 40.0 Å². The Balaban J connectivity index is 2.74. The van der Waals surface area contributed by atoms with Gasteiger partial charge in [-0.25, -0.2) is 0 Å². The zero-order valence-electron chi connectivity index (χ0n) is 7.85. The molecule has 0 aromatic rings. The summed E-state index contributed by atoms with van der Waals surface area (Å²) in [5.41, 5.74) is 3.05. The van der Waals surface area contributed by atoms with E-state index >= 15 is 0 Å². The summed E-state index contributed by atoms with van der Waals surface area (Å²) in [7, 11) is 0. The number of rotatable bonds is 1. The Morgan fingerprint density at radius 3 is 2.64 bits per heavy atom. The molecule has 0 bridgehead atoms. The molecule has 62 valence electrons. The molecule has 0 saturated carbocycles. The normalized spacial score (nSPS) is 25.5. The van der Waals surface area contributed by atoms with E-state index in [1.165, 1.54) is 24.8 Å². The number of allylic oxidation sites excluding steroid dienone is 4. The van der Waals surface area contributed by atoms with Crippen LogP contribution in [0.2, 0.25) is 0 Å². The average molecular weight is 150 g/mol. The maximum Gasteiger partial charge on any atom is -0.0308 e. The van der Waals surface area contributed by atoms with Gasteiger partial charge in [-0.3, -0.25) is 0 Å². The van der Waals surface area contributed by atoms with Crippen molar-refractivity contribution in [3.63, 3.8) is 0 Å². The number of hydrogen-bond acceptors (Lipinski definition) is 0. The molecule has 0 aromatic heterocycles. The van der Waals surface area contributed by atoms with Gasteiger partial charge in [0, 0.05) is 0 Å². The third-order valence-corrected chi connectivity index (χ3v) is 2.48. The summed E-state index contributed by atoms with van der Waals surface area (Å²) in [5.74, 6) is 0.842. The van der Waals surface area contributed by atoms with Gasteiger partial charge in [-0.2, -0.15) is 0 Å². The van der Waals surface area contributed by atoms with Gasteiger partial charge in [0.15, 0.2) is 0 Å². The van der Waals surface area contributed by atoms with Gasteiger partial charge in [0.05, 0.1) is 0 Å².